The number of nitrogens with zero attached hydrogens (tertiary/aromatic N) is 4. The number of pyridine rings is 1. The molecule has 1 atom stereocenters. The van der Waals surface area contributed by atoms with Crippen LogP contribution in [0.3, 0.4) is 0 Å². The summed E-state index contributed by atoms with van der Waals surface area (Å²) in [6.07, 6.45) is 9.21. The molecular formula is C24H33ClN6O4. The molecule has 11 heteroatoms. The Morgan fingerprint density at radius 3 is 2.77 bits per heavy atom. The lowest BCUT2D eigenvalue weighted by molar-refractivity contribution is -0.125. The Kier molecular flexibility index (Phi) is 10.6. The average molecular weight is 505 g/mol. The number of amides is 2. The number of carbonyl (C=O) groups excluding carboxylic acids is 2. The number of ether oxygens (including phenoxy) is 1. The van der Waals surface area contributed by atoms with Crippen molar-refractivity contribution in [1.29, 1.82) is 0 Å². The van der Waals surface area contributed by atoms with Crippen LogP contribution in [-0.2, 0) is 14.3 Å². The van der Waals surface area contributed by atoms with Gasteiger partial charge in [0.1, 0.15) is 11.6 Å². The van der Waals surface area contributed by atoms with Crippen molar-refractivity contribution in [3.05, 3.63) is 29.7 Å². The lowest BCUT2D eigenvalue weighted by Gasteiger charge is -2.28. The number of hydrogen-bond acceptors (Lipinski definition) is 8. The summed E-state index contributed by atoms with van der Waals surface area (Å²) in [4.78, 5) is 38.5. The molecule has 0 spiro atoms. The van der Waals surface area contributed by atoms with Gasteiger partial charge in [-0.1, -0.05) is 11.6 Å². The molecular weight excluding hydrogens is 472 g/mol. The summed E-state index contributed by atoms with van der Waals surface area (Å²) < 4.78 is 5.41. The highest BCUT2D eigenvalue weighted by atomic mass is 35.5. The van der Waals surface area contributed by atoms with E-state index >= 15 is 0 Å². The van der Waals surface area contributed by atoms with Crippen LogP contribution in [0.1, 0.15) is 32.6 Å². The first kappa shape index (κ1) is 26.8. The van der Waals surface area contributed by atoms with Gasteiger partial charge in [-0.3, -0.25) is 14.6 Å². The Hall–Kier alpha value is -2.82. The third kappa shape index (κ3) is 8.12. The van der Waals surface area contributed by atoms with Crippen molar-refractivity contribution in [3.8, 4) is 11.3 Å². The molecule has 0 bridgehead atoms. The fraction of sp³-hybridized carbons (Fsp3) is 0.542. The van der Waals surface area contributed by atoms with E-state index in [9.17, 15) is 9.59 Å². The number of halogens is 1. The molecule has 2 fully saturated rings. The van der Waals surface area contributed by atoms with Gasteiger partial charge in [0, 0.05) is 51.2 Å². The number of piperidine rings is 1. The van der Waals surface area contributed by atoms with E-state index in [2.05, 4.69) is 25.6 Å². The second kappa shape index (κ2) is 13.9. The molecule has 35 heavy (non-hydrogen) atoms. The number of carbonyl (C=O) groups is 2. The Bertz CT molecular complexity index is 973. The Balaban J connectivity index is 0.00000108. The first-order valence-electron chi connectivity index (χ1n) is 11.9. The van der Waals surface area contributed by atoms with Gasteiger partial charge < -0.3 is 25.4 Å². The summed E-state index contributed by atoms with van der Waals surface area (Å²) in [6.45, 7) is 5.45. The van der Waals surface area contributed by atoms with Crippen molar-refractivity contribution >= 4 is 35.6 Å². The van der Waals surface area contributed by atoms with Crippen molar-refractivity contribution in [3.63, 3.8) is 0 Å². The molecule has 3 N–H and O–H groups in total. The number of anilines is 2. The molecule has 0 radical (unpaired) electrons. The predicted molar refractivity (Wildman–Crippen MR) is 134 cm³/mol. The fourth-order valence-electron chi connectivity index (χ4n) is 4.03. The number of aliphatic hydroxyl groups is 1. The van der Waals surface area contributed by atoms with E-state index in [-0.39, 0.29) is 18.4 Å². The lowest BCUT2D eigenvalue weighted by atomic mass is 9.97. The second-order valence-electron chi connectivity index (χ2n) is 8.52. The van der Waals surface area contributed by atoms with Gasteiger partial charge in [0.2, 0.25) is 12.3 Å². The van der Waals surface area contributed by atoms with Crippen LogP contribution >= 0.6 is 11.6 Å². The summed E-state index contributed by atoms with van der Waals surface area (Å²) >= 11 is 6.38. The van der Waals surface area contributed by atoms with Gasteiger partial charge in [-0.25, -0.2) is 9.97 Å². The van der Waals surface area contributed by atoms with Crippen LogP contribution in [0.4, 0.5) is 11.6 Å². The van der Waals surface area contributed by atoms with Crippen molar-refractivity contribution in [2.45, 2.75) is 32.6 Å². The summed E-state index contributed by atoms with van der Waals surface area (Å²) in [5.41, 5.74) is 1.23. The molecule has 2 aliphatic heterocycles. The quantitative estimate of drug-likeness (QED) is 0.491. The Labute approximate surface area is 210 Å². The van der Waals surface area contributed by atoms with Crippen molar-refractivity contribution in [2.75, 3.05) is 50.1 Å². The Morgan fingerprint density at radius 1 is 1.26 bits per heavy atom. The maximum Gasteiger partial charge on any atom is 0.230 e. The van der Waals surface area contributed by atoms with Gasteiger partial charge in [-0.15, -0.1) is 0 Å². The number of aromatic nitrogens is 3. The number of aliphatic hydroxyl groups excluding tert-OH is 1. The SMILES string of the molecule is CCO.O=CN1CCCC(C(=O)Nc2cc(-c3cncc(NCC4CCOCC4)n3)c(Cl)cn2)C1. The minimum atomic E-state index is -0.257. The third-order valence-electron chi connectivity index (χ3n) is 5.90. The number of likely N-dealkylation sites (tertiary alicyclic amines) is 1. The molecule has 0 aliphatic carbocycles. The number of hydrogen-bond donors (Lipinski definition) is 3. The van der Waals surface area contributed by atoms with Crippen LogP contribution < -0.4 is 10.6 Å². The van der Waals surface area contributed by atoms with Crippen LogP contribution in [0.2, 0.25) is 5.02 Å². The van der Waals surface area contributed by atoms with Gasteiger partial charge in [0.05, 0.1) is 29.0 Å². The highest BCUT2D eigenvalue weighted by molar-refractivity contribution is 6.33. The zero-order chi connectivity index (χ0) is 25.0. The van der Waals surface area contributed by atoms with E-state index < -0.39 is 0 Å². The zero-order valence-electron chi connectivity index (χ0n) is 20.0. The van der Waals surface area contributed by atoms with E-state index in [1.807, 2.05) is 0 Å². The fourth-order valence-corrected chi connectivity index (χ4v) is 4.23. The first-order valence-corrected chi connectivity index (χ1v) is 12.3. The molecule has 10 nitrogen and oxygen atoms in total. The summed E-state index contributed by atoms with van der Waals surface area (Å²) in [6, 6.07) is 1.70. The highest BCUT2D eigenvalue weighted by Gasteiger charge is 2.25. The molecule has 2 amide bonds. The van der Waals surface area contributed by atoms with Gasteiger partial charge in [-0.2, -0.15) is 0 Å². The lowest BCUT2D eigenvalue weighted by Crippen LogP contribution is -2.40. The normalized spacial score (nSPS) is 18.3. The maximum atomic E-state index is 12.7. The molecule has 2 aliphatic rings. The van der Waals surface area contributed by atoms with E-state index in [1.54, 1.807) is 30.3 Å². The van der Waals surface area contributed by atoms with E-state index in [0.717, 1.165) is 51.9 Å². The molecule has 2 saturated heterocycles. The average Bonchev–Trinajstić information content (AvgIpc) is 2.90. The van der Waals surface area contributed by atoms with Gasteiger partial charge in [-0.05, 0) is 44.6 Å². The summed E-state index contributed by atoms with van der Waals surface area (Å²) in [5.74, 6) is 1.20. The first-order chi connectivity index (χ1) is 17.0. The predicted octanol–water partition coefficient (Wildman–Crippen LogP) is 2.84. The largest absolute Gasteiger partial charge is 0.397 e. The number of rotatable bonds is 7. The number of nitrogens with one attached hydrogen (secondary N) is 2. The monoisotopic (exact) mass is 504 g/mol. The smallest absolute Gasteiger partial charge is 0.230 e. The zero-order valence-corrected chi connectivity index (χ0v) is 20.7. The van der Waals surface area contributed by atoms with Crippen molar-refractivity contribution in [2.24, 2.45) is 11.8 Å². The molecule has 0 saturated carbocycles. The van der Waals surface area contributed by atoms with Gasteiger partial charge in [0.15, 0.2) is 0 Å². The molecule has 0 aromatic carbocycles. The molecule has 4 heterocycles. The molecule has 2 aromatic heterocycles. The summed E-state index contributed by atoms with van der Waals surface area (Å²) in [5, 5.41) is 14.2. The molecule has 4 rings (SSSR count). The van der Waals surface area contributed by atoms with E-state index in [4.69, 9.17) is 21.4 Å². The van der Waals surface area contributed by atoms with E-state index in [1.165, 1.54) is 6.20 Å². The van der Waals surface area contributed by atoms with Crippen molar-refractivity contribution in [1.82, 2.24) is 19.9 Å². The Morgan fingerprint density at radius 2 is 2.03 bits per heavy atom. The maximum absolute atomic E-state index is 12.7. The topological polar surface area (TPSA) is 130 Å². The van der Waals surface area contributed by atoms with Gasteiger partial charge in [0.25, 0.3) is 0 Å². The molecule has 1 unspecified atom stereocenters. The van der Waals surface area contributed by atoms with Gasteiger partial charge >= 0.3 is 0 Å². The van der Waals surface area contributed by atoms with Crippen LogP contribution in [0.25, 0.3) is 11.3 Å². The van der Waals surface area contributed by atoms with Crippen LogP contribution in [-0.4, -0.2) is 76.7 Å². The highest BCUT2D eigenvalue weighted by Crippen LogP contribution is 2.29. The standard InChI is InChI=1S/C22H27ClN6O3.C2H6O/c23-18-10-26-20(28-22(31)16-2-1-5-29(13-16)14-30)8-17(18)19-11-24-12-21(27-19)25-9-15-3-6-32-7-4-15;1-2-3/h8,10-12,14-16H,1-7,9,13H2,(H,25,27)(H,26,28,31);3H,2H2,1H3. The van der Waals surface area contributed by atoms with Crippen LogP contribution in [0, 0.1) is 11.8 Å². The van der Waals surface area contributed by atoms with Crippen LogP contribution in [0.15, 0.2) is 24.7 Å². The summed E-state index contributed by atoms with van der Waals surface area (Å²) in [7, 11) is 0. The van der Waals surface area contributed by atoms with E-state index in [0.29, 0.717) is 46.9 Å². The third-order valence-corrected chi connectivity index (χ3v) is 6.20. The minimum Gasteiger partial charge on any atom is -0.397 e. The molecule has 190 valence electrons. The second-order valence-corrected chi connectivity index (χ2v) is 8.93. The minimum absolute atomic E-state index is 0.157. The van der Waals surface area contributed by atoms with Crippen molar-refractivity contribution < 1.29 is 19.4 Å². The molecule has 2 aromatic rings. The van der Waals surface area contributed by atoms with Crippen LogP contribution in [0.5, 0.6) is 0 Å².